The third-order valence-electron chi connectivity index (χ3n) is 6.58. The van der Waals surface area contributed by atoms with E-state index in [-0.39, 0.29) is 17.3 Å². The standard InChI is InChI=1S/C26H24FN7S/c1-16-21(14-32-34(16)20-7-8-26(2,3)30-13-20)17-9-24(25-18(11-28)12-31-33(25)15-17)35-23-6-5-19(27)10-22(23)29-4/h5-6,9-10,12,14-15,20,30H,7-8,13H2,1-3H3/t20-/m1/s1. The van der Waals surface area contributed by atoms with Gasteiger partial charge in [-0.1, -0.05) is 17.8 Å². The number of hydrogen-bond acceptors (Lipinski definition) is 5. The number of halogens is 1. The van der Waals surface area contributed by atoms with Crippen molar-refractivity contribution in [2.75, 3.05) is 6.54 Å². The van der Waals surface area contributed by atoms with Gasteiger partial charge < -0.3 is 5.32 Å². The average molecular weight is 486 g/mol. The fourth-order valence-corrected chi connectivity index (χ4v) is 5.64. The number of benzene rings is 1. The van der Waals surface area contributed by atoms with E-state index in [9.17, 15) is 9.65 Å². The molecule has 0 bridgehead atoms. The van der Waals surface area contributed by atoms with Gasteiger partial charge in [-0.2, -0.15) is 15.5 Å². The van der Waals surface area contributed by atoms with Gasteiger partial charge in [-0.25, -0.2) is 13.8 Å². The largest absolute Gasteiger partial charge is 0.310 e. The smallest absolute Gasteiger partial charge is 0.203 e. The summed E-state index contributed by atoms with van der Waals surface area (Å²) in [5.74, 6) is -0.454. The van der Waals surface area contributed by atoms with Gasteiger partial charge in [-0.15, -0.1) is 0 Å². The number of hydrogen-bond donors (Lipinski definition) is 1. The summed E-state index contributed by atoms with van der Waals surface area (Å²) in [6, 6.07) is 8.64. The molecule has 1 fully saturated rings. The van der Waals surface area contributed by atoms with Gasteiger partial charge >= 0.3 is 0 Å². The van der Waals surface area contributed by atoms with Crippen molar-refractivity contribution in [3.63, 3.8) is 0 Å². The molecule has 0 unspecified atom stereocenters. The molecule has 0 saturated carbocycles. The Labute approximate surface area is 207 Å². The van der Waals surface area contributed by atoms with Gasteiger partial charge in [0.05, 0.1) is 36.1 Å². The maximum absolute atomic E-state index is 13.7. The lowest BCUT2D eigenvalue weighted by molar-refractivity contribution is 0.231. The van der Waals surface area contributed by atoms with Crippen molar-refractivity contribution >= 4 is 23.0 Å². The van der Waals surface area contributed by atoms with Gasteiger partial charge in [-0.3, -0.25) is 4.68 Å². The fourth-order valence-electron chi connectivity index (χ4n) is 4.57. The van der Waals surface area contributed by atoms with Crippen molar-refractivity contribution < 1.29 is 4.39 Å². The third-order valence-corrected chi connectivity index (χ3v) is 7.68. The van der Waals surface area contributed by atoms with Gasteiger partial charge in [0.2, 0.25) is 5.69 Å². The molecule has 1 atom stereocenters. The first-order chi connectivity index (χ1) is 16.8. The quantitative estimate of drug-likeness (QED) is 0.363. The highest BCUT2D eigenvalue weighted by Crippen LogP contribution is 2.40. The van der Waals surface area contributed by atoms with Crippen LogP contribution in [0.3, 0.4) is 0 Å². The van der Waals surface area contributed by atoms with Crippen LogP contribution in [0.25, 0.3) is 21.5 Å². The number of piperidine rings is 1. The Hall–Kier alpha value is -3.66. The Morgan fingerprint density at radius 3 is 2.80 bits per heavy atom. The van der Waals surface area contributed by atoms with Crippen LogP contribution in [0.15, 0.2) is 52.6 Å². The minimum Gasteiger partial charge on any atom is -0.310 e. The van der Waals surface area contributed by atoms with Crippen LogP contribution in [-0.2, 0) is 0 Å². The highest BCUT2D eigenvalue weighted by molar-refractivity contribution is 7.99. The minimum absolute atomic E-state index is 0.140. The number of rotatable bonds is 4. The Balaban J connectivity index is 1.58. The molecule has 0 radical (unpaired) electrons. The molecule has 5 rings (SSSR count). The third kappa shape index (κ3) is 4.29. The molecule has 7 nitrogen and oxygen atoms in total. The van der Waals surface area contributed by atoms with E-state index in [1.807, 2.05) is 18.5 Å². The Morgan fingerprint density at radius 2 is 2.09 bits per heavy atom. The SMILES string of the molecule is [C-]#[N+]c1cc(F)ccc1Sc1cc(-c2cnn([C@@H]3CCC(C)(C)NC3)c2C)cn2ncc(C#N)c12. The van der Waals surface area contributed by atoms with Gasteiger partial charge in [-0.05, 0) is 51.8 Å². The average Bonchev–Trinajstić information content (AvgIpc) is 3.43. The monoisotopic (exact) mass is 485 g/mol. The molecule has 1 aromatic carbocycles. The van der Waals surface area contributed by atoms with E-state index in [4.69, 9.17) is 11.7 Å². The van der Waals surface area contributed by atoms with Crippen LogP contribution in [0.5, 0.6) is 0 Å². The second kappa shape index (κ2) is 8.84. The Kier molecular flexibility index (Phi) is 5.84. The maximum atomic E-state index is 13.7. The molecule has 176 valence electrons. The van der Waals surface area contributed by atoms with Crippen molar-refractivity contribution in [3.8, 4) is 17.2 Å². The summed E-state index contributed by atoms with van der Waals surface area (Å²) < 4.78 is 17.5. The summed E-state index contributed by atoms with van der Waals surface area (Å²) >= 11 is 1.33. The van der Waals surface area contributed by atoms with Crippen LogP contribution in [0.2, 0.25) is 0 Å². The number of nitriles is 1. The van der Waals surface area contributed by atoms with Crippen molar-refractivity contribution in [1.82, 2.24) is 24.7 Å². The van der Waals surface area contributed by atoms with Crippen LogP contribution in [0.4, 0.5) is 10.1 Å². The van der Waals surface area contributed by atoms with E-state index in [1.165, 1.54) is 30.1 Å². The molecule has 1 saturated heterocycles. The predicted molar refractivity (Wildman–Crippen MR) is 133 cm³/mol. The Bertz CT molecular complexity index is 1510. The highest BCUT2D eigenvalue weighted by atomic mass is 32.2. The molecule has 0 spiro atoms. The summed E-state index contributed by atoms with van der Waals surface area (Å²) in [7, 11) is 0. The lowest BCUT2D eigenvalue weighted by Crippen LogP contribution is -2.47. The molecule has 9 heteroatoms. The molecular weight excluding hydrogens is 461 g/mol. The molecule has 1 aliphatic rings. The summed E-state index contributed by atoms with van der Waals surface area (Å²) in [5.41, 5.74) is 4.42. The van der Waals surface area contributed by atoms with Crippen molar-refractivity contribution in [2.24, 2.45) is 0 Å². The van der Waals surface area contributed by atoms with E-state index in [2.05, 4.69) is 46.8 Å². The van der Waals surface area contributed by atoms with Crippen LogP contribution < -0.4 is 5.32 Å². The van der Waals surface area contributed by atoms with Gasteiger partial charge in [0.15, 0.2) is 0 Å². The minimum atomic E-state index is -0.454. The zero-order valence-corrected chi connectivity index (χ0v) is 20.5. The zero-order valence-electron chi connectivity index (χ0n) is 19.7. The summed E-state index contributed by atoms with van der Waals surface area (Å²) in [5, 5.41) is 22.4. The van der Waals surface area contributed by atoms with E-state index in [0.717, 1.165) is 41.1 Å². The van der Waals surface area contributed by atoms with E-state index in [1.54, 1.807) is 10.6 Å². The summed E-state index contributed by atoms with van der Waals surface area (Å²) in [4.78, 5) is 4.86. The maximum Gasteiger partial charge on any atom is 0.203 e. The second-order valence-corrected chi connectivity index (χ2v) is 10.5. The number of pyridine rings is 1. The number of nitrogens with zero attached hydrogens (tertiary/aromatic N) is 6. The van der Waals surface area contributed by atoms with Crippen LogP contribution in [0.1, 0.15) is 44.0 Å². The fraction of sp³-hybridized carbons (Fsp3) is 0.308. The highest BCUT2D eigenvalue weighted by Gasteiger charge is 2.28. The van der Waals surface area contributed by atoms with E-state index in [0.29, 0.717) is 16.0 Å². The van der Waals surface area contributed by atoms with Gasteiger partial charge in [0.1, 0.15) is 11.9 Å². The first-order valence-electron chi connectivity index (χ1n) is 11.4. The lowest BCUT2D eigenvalue weighted by Gasteiger charge is -2.36. The van der Waals surface area contributed by atoms with Crippen molar-refractivity contribution in [1.29, 1.82) is 5.26 Å². The first-order valence-corrected chi connectivity index (χ1v) is 12.2. The zero-order chi connectivity index (χ0) is 24.7. The summed E-state index contributed by atoms with van der Waals surface area (Å²) in [6.45, 7) is 14.8. The molecule has 1 aliphatic heterocycles. The summed E-state index contributed by atoms with van der Waals surface area (Å²) in [6.07, 6.45) is 7.44. The molecule has 4 aromatic rings. The Morgan fingerprint density at radius 1 is 1.26 bits per heavy atom. The van der Waals surface area contributed by atoms with Crippen LogP contribution >= 0.6 is 11.8 Å². The molecule has 0 aliphatic carbocycles. The van der Waals surface area contributed by atoms with Gasteiger partial charge in [0, 0.05) is 44.9 Å². The molecular formula is C26H24FN7S. The second-order valence-electron chi connectivity index (χ2n) is 9.43. The first kappa shape index (κ1) is 23.1. The van der Waals surface area contributed by atoms with Crippen LogP contribution in [0, 0.1) is 30.6 Å². The van der Waals surface area contributed by atoms with Crippen molar-refractivity contribution in [3.05, 3.63) is 71.3 Å². The van der Waals surface area contributed by atoms with Crippen LogP contribution in [-0.4, -0.2) is 31.5 Å². The predicted octanol–water partition coefficient (Wildman–Crippen LogP) is 5.92. The molecule has 0 amide bonds. The van der Waals surface area contributed by atoms with E-state index >= 15 is 0 Å². The van der Waals surface area contributed by atoms with Crippen molar-refractivity contribution in [2.45, 2.75) is 55.0 Å². The van der Waals surface area contributed by atoms with Gasteiger partial charge in [0.25, 0.3) is 0 Å². The number of aromatic nitrogens is 4. The normalized spacial score (nSPS) is 17.3. The molecule has 3 aromatic heterocycles. The van der Waals surface area contributed by atoms with E-state index < -0.39 is 5.82 Å². The molecule has 4 heterocycles. The molecule has 35 heavy (non-hydrogen) atoms. The molecule has 1 N–H and O–H groups in total. The lowest BCUT2D eigenvalue weighted by atomic mass is 9.91. The number of nitrogens with one attached hydrogen (secondary N) is 1. The number of fused-ring (bicyclic) bond motifs is 1. The topological polar surface area (TPSA) is 75.3 Å².